The van der Waals surface area contributed by atoms with Crippen molar-refractivity contribution in [1.82, 2.24) is 0 Å². The van der Waals surface area contributed by atoms with Crippen LogP contribution in [0.3, 0.4) is 0 Å². The maximum atomic E-state index is 13.4. The summed E-state index contributed by atoms with van der Waals surface area (Å²) in [6, 6.07) is 2.58. The van der Waals surface area contributed by atoms with Gasteiger partial charge in [0.05, 0.1) is 0 Å². The van der Waals surface area contributed by atoms with E-state index in [4.69, 9.17) is 5.73 Å². The average molecular weight is 251 g/mol. The molecule has 0 radical (unpaired) electrons. The number of hydrogen-bond acceptors (Lipinski definition) is 2. The van der Waals surface area contributed by atoms with Crippen molar-refractivity contribution in [3.05, 3.63) is 35.6 Å². The predicted octanol–water partition coefficient (Wildman–Crippen LogP) is 2.31. The van der Waals surface area contributed by atoms with E-state index in [9.17, 15) is 22.7 Å². The molecule has 0 bridgehead atoms. The van der Waals surface area contributed by atoms with E-state index in [0.717, 1.165) is 12.1 Å². The van der Waals surface area contributed by atoms with Crippen molar-refractivity contribution in [2.75, 3.05) is 0 Å². The van der Waals surface area contributed by atoms with E-state index >= 15 is 0 Å². The van der Waals surface area contributed by atoms with E-state index < -0.39 is 29.2 Å². The Labute approximate surface area is 96.1 Å². The molecule has 1 aromatic carbocycles. The van der Waals surface area contributed by atoms with Gasteiger partial charge in [0.15, 0.2) is 0 Å². The van der Waals surface area contributed by atoms with E-state index in [1.54, 1.807) is 0 Å². The lowest BCUT2D eigenvalue weighted by molar-refractivity contribution is -0.275. The molecular weight excluding hydrogens is 238 g/mol. The van der Waals surface area contributed by atoms with Crippen molar-refractivity contribution >= 4 is 0 Å². The Kier molecular flexibility index (Phi) is 3.78. The molecule has 0 heterocycles. The quantitative estimate of drug-likeness (QED) is 0.810. The highest BCUT2D eigenvalue weighted by Gasteiger charge is 2.59. The van der Waals surface area contributed by atoms with E-state index in [1.807, 2.05) is 0 Å². The molecule has 2 atom stereocenters. The summed E-state index contributed by atoms with van der Waals surface area (Å²) in [7, 11) is 0. The maximum Gasteiger partial charge on any atom is 0.423 e. The Morgan fingerprint density at radius 3 is 2.24 bits per heavy atom. The molecule has 3 N–H and O–H groups in total. The second-order valence-corrected chi connectivity index (χ2v) is 3.76. The number of alkyl halides is 3. The summed E-state index contributed by atoms with van der Waals surface area (Å²) < 4.78 is 52.1. The first-order valence-electron chi connectivity index (χ1n) is 5.04. The van der Waals surface area contributed by atoms with Crippen molar-refractivity contribution in [3.8, 4) is 0 Å². The van der Waals surface area contributed by atoms with Gasteiger partial charge in [-0.25, -0.2) is 4.39 Å². The highest BCUT2D eigenvalue weighted by Crippen LogP contribution is 2.42. The topological polar surface area (TPSA) is 46.2 Å². The number of benzene rings is 1. The van der Waals surface area contributed by atoms with Gasteiger partial charge >= 0.3 is 6.18 Å². The molecule has 6 heteroatoms. The monoisotopic (exact) mass is 251 g/mol. The van der Waals surface area contributed by atoms with Crippen molar-refractivity contribution in [3.63, 3.8) is 0 Å². The van der Waals surface area contributed by atoms with Gasteiger partial charge in [0.2, 0.25) is 5.60 Å². The Bertz CT molecular complexity index is 393. The smallest absolute Gasteiger partial charge is 0.375 e. The zero-order valence-corrected chi connectivity index (χ0v) is 9.13. The first-order valence-corrected chi connectivity index (χ1v) is 5.04. The average Bonchev–Trinajstić information content (AvgIpc) is 2.26. The minimum atomic E-state index is -5.04. The maximum absolute atomic E-state index is 13.4. The van der Waals surface area contributed by atoms with Crippen molar-refractivity contribution in [2.24, 2.45) is 5.73 Å². The number of nitrogens with two attached hydrogens (primary N) is 1. The molecule has 2 unspecified atom stereocenters. The molecule has 1 aromatic rings. The molecule has 0 saturated carbocycles. The van der Waals surface area contributed by atoms with Crippen LogP contribution in [0.2, 0.25) is 0 Å². The van der Waals surface area contributed by atoms with Gasteiger partial charge in [-0.1, -0.05) is 25.1 Å². The summed E-state index contributed by atoms with van der Waals surface area (Å²) in [5.41, 5.74) is 1.09. The molecule has 0 amide bonds. The Morgan fingerprint density at radius 1 is 1.29 bits per heavy atom. The van der Waals surface area contributed by atoms with Gasteiger partial charge in [-0.2, -0.15) is 13.2 Å². The van der Waals surface area contributed by atoms with Gasteiger partial charge in [0.25, 0.3) is 0 Å². The molecule has 0 aromatic heterocycles. The molecule has 0 aliphatic rings. The lowest BCUT2D eigenvalue weighted by atomic mass is 9.84. The van der Waals surface area contributed by atoms with Crippen LogP contribution in [0.4, 0.5) is 17.6 Å². The zero-order chi connectivity index (χ0) is 13.3. The Hall–Kier alpha value is -1.14. The normalized spacial score (nSPS) is 17.6. The molecule has 0 fully saturated rings. The van der Waals surface area contributed by atoms with Crippen LogP contribution in [0.15, 0.2) is 24.3 Å². The van der Waals surface area contributed by atoms with Crippen molar-refractivity contribution in [2.45, 2.75) is 31.2 Å². The van der Waals surface area contributed by atoms with Crippen molar-refractivity contribution in [1.29, 1.82) is 0 Å². The molecule has 0 aliphatic carbocycles. The summed E-state index contributed by atoms with van der Waals surface area (Å²) in [4.78, 5) is 0. The number of halogens is 4. The third-order valence-corrected chi connectivity index (χ3v) is 2.69. The summed E-state index contributed by atoms with van der Waals surface area (Å²) >= 11 is 0. The molecule has 0 aliphatic heterocycles. The third kappa shape index (κ3) is 2.28. The lowest BCUT2D eigenvalue weighted by Crippen LogP contribution is -2.55. The lowest BCUT2D eigenvalue weighted by Gasteiger charge is -2.35. The fourth-order valence-corrected chi connectivity index (χ4v) is 1.63. The fourth-order valence-electron chi connectivity index (χ4n) is 1.63. The summed E-state index contributed by atoms with van der Waals surface area (Å²) in [6.45, 7) is 1.39. The van der Waals surface area contributed by atoms with Gasteiger partial charge in [0.1, 0.15) is 5.82 Å². The van der Waals surface area contributed by atoms with Crippen LogP contribution in [-0.2, 0) is 5.60 Å². The standard InChI is InChI=1S/C11H13F4NO/c1-2-9(16)10(17,11(13,14)15)7-5-3-4-6-8(7)12/h3-6,9,17H,2,16H2,1H3. The molecule has 2 nitrogen and oxygen atoms in total. The van der Waals surface area contributed by atoms with E-state index in [1.165, 1.54) is 19.1 Å². The summed E-state index contributed by atoms with van der Waals surface area (Å²) in [5, 5.41) is 9.78. The Balaban J connectivity index is 3.40. The van der Waals surface area contributed by atoms with Crippen LogP contribution in [0.1, 0.15) is 18.9 Å². The zero-order valence-electron chi connectivity index (χ0n) is 9.13. The molecule has 1 rings (SSSR count). The number of hydrogen-bond donors (Lipinski definition) is 2. The largest absolute Gasteiger partial charge is 0.423 e. The Morgan fingerprint density at radius 2 is 1.82 bits per heavy atom. The van der Waals surface area contributed by atoms with Crippen LogP contribution in [0.25, 0.3) is 0 Å². The number of aliphatic hydroxyl groups is 1. The first-order chi connectivity index (χ1) is 7.75. The van der Waals surface area contributed by atoms with E-state index in [2.05, 4.69) is 0 Å². The molecule has 0 saturated heterocycles. The predicted molar refractivity (Wildman–Crippen MR) is 54.6 cm³/mol. The van der Waals surface area contributed by atoms with Crippen molar-refractivity contribution < 1.29 is 22.7 Å². The highest BCUT2D eigenvalue weighted by molar-refractivity contribution is 5.28. The molecular formula is C11H13F4NO. The number of rotatable bonds is 3. The van der Waals surface area contributed by atoms with Gasteiger partial charge in [0, 0.05) is 11.6 Å². The van der Waals surface area contributed by atoms with E-state index in [-0.39, 0.29) is 6.42 Å². The van der Waals surface area contributed by atoms with Crippen LogP contribution < -0.4 is 5.73 Å². The van der Waals surface area contributed by atoms with Crippen LogP contribution >= 0.6 is 0 Å². The molecule has 96 valence electrons. The summed E-state index contributed by atoms with van der Waals surface area (Å²) in [5.74, 6) is -1.13. The van der Waals surface area contributed by atoms with Crippen LogP contribution in [0.5, 0.6) is 0 Å². The minimum absolute atomic E-state index is 0.135. The minimum Gasteiger partial charge on any atom is -0.375 e. The summed E-state index contributed by atoms with van der Waals surface area (Å²) in [6.07, 6.45) is -5.17. The first kappa shape index (κ1) is 13.9. The highest BCUT2D eigenvalue weighted by atomic mass is 19.4. The van der Waals surface area contributed by atoms with Crippen LogP contribution in [0, 0.1) is 5.82 Å². The SMILES string of the molecule is CCC(N)C(O)(c1ccccc1F)C(F)(F)F. The van der Waals surface area contributed by atoms with Gasteiger partial charge < -0.3 is 10.8 Å². The van der Waals surface area contributed by atoms with Gasteiger partial charge in [-0.05, 0) is 12.5 Å². The van der Waals surface area contributed by atoms with Gasteiger partial charge in [-0.15, -0.1) is 0 Å². The van der Waals surface area contributed by atoms with E-state index in [0.29, 0.717) is 0 Å². The fraction of sp³-hybridized carbons (Fsp3) is 0.455. The second-order valence-electron chi connectivity index (χ2n) is 3.76. The van der Waals surface area contributed by atoms with Gasteiger partial charge in [-0.3, -0.25) is 0 Å². The molecule has 0 spiro atoms. The third-order valence-electron chi connectivity index (χ3n) is 2.69. The van der Waals surface area contributed by atoms with Crippen LogP contribution in [-0.4, -0.2) is 17.3 Å². The second kappa shape index (κ2) is 4.62. The molecule has 17 heavy (non-hydrogen) atoms.